The number of rotatable bonds is 5. The fourth-order valence-electron chi connectivity index (χ4n) is 1.44. The zero-order chi connectivity index (χ0) is 13.7. The third-order valence-corrected chi connectivity index (χ3v) is 2.58. The van der Waals surface area contributed by atoms with Crippen molar-refractivity contribution in [2.45, 2.75) is 25.8 Å². The van der Waals surface area contributed by atoms with Gasteiger partial charge < -0.3 is 11.1 Å². The van der Waals surface area contributed by atoms with Gasteiger partial charge in [-0.15, -0.1) is 0 Å². The van der Waals surface area contributed by atoms with Crippen molar-refractivity contribution in [3.63, 3.8) is 0 Å². The van der Waals surface area contributed by atoms with E-state index >= 15 is 0 Å². The molecule has 6 nitrogen and oxygen atoms in total. The number of anilines is 1. The molecule has 1 atom stereocenters. The van der Waals surface area contributed by atoms with Crippen LogP contribution in [0.4, 0.5) is 11.4 Å². The Hall–Kier alpha value is -1.66. The number of nitrogens with two attached hydrogens (primary N) is 1. The molecule has 0 radical (unpaired) electrons. The van der Waals surface area contributed by atoms with Crippen LogP contribution < -0.4 is 11.1 Å². The lowest BCUT2D eigenvalue weighted by atomic mass is 10.1. The largest absolute Gasteiger partial charge is 0.320 e. The summed E-state index contributed by atoms with van der Waals surface area (Å²) in [6.07, 6.45) is 1.27. The molecule has 1 aromatic carbocycles. The summed E-state index contributed by atoms with van der Waals surface area (Å²) in [5.74, 6) is -0.456. The van der Waals surface area contributed by atoms with Crippen molar-refractivity contribution in [1.82, 2.24) is 0 Å². The highest BCUT2D eigenvalue weighted by Crippen LogP contribution is 2.27. The van der Waals surface area contributed by atoms with Gasteiger partial charge in [-0.25, -0.2) is 0 Å². The molecule has 0 saturated heterocycles. The van der Waals surface area contributed by atoms with Gasteiger partial charge in [-0.3, -0.25) is 14.9 Å². The molecule has 1 amide bonds. The van der Waals surface area contributed by atoms with Crippen LogP contribution in [-0.4, -0.2) is 16.9 Å². The van der Waals surface area contributed by atoms with Crippen LogP contribution in [0.3, 0.4) is 0 Å². The first-order valence-corrected chi connectivity index (χ1v) is 5.84. The Labute approximate surface area is 109 Å². The minimum Gasteiger partial charge on any atom is -0.320 e. The molecule has 3 N–H and O–H groups in total. The molecule has 7 heteroatoms. The lowest BCUT2D eigenvalue weighted by molar-refractivity contribution is -0.383. The van der Waals surface area contributed by atoms with E-state index in [4.69, 9.17) is 17.3 Å². The zero-order valence-corrected chi connectivity index (χ0v) is 10.6. The third-order valence-electron chi connectivity index (χ3n) is 2.35. The fraction of sp³-hybridized carbons (Fsp3) is 0.364. The van der Waals surface area contributed by atoms with Gasteiger partial charge in [0, 0.05) is 11.1 Å². The molecule has 0 heterocycles. The number of halogens is 1. The number of amides is 1. The quantitative estimate of drug-likeness (QED) is 0.634. The zero-order valence-electron chi connectivity index (χ0n) is 9.85. The van der Waals surface area contributed by atoms with Gasteiger partial charge in [-0.05, 0) is 18.6 Å². The van der Waals surface area contributed by atoms with Crippen LogP contribution in [-0.2, 0) is 4.79 Å². The Bertz CT molecular complexity index is 465. The van der Waals surface area contributed by atoms with Crippen LogP contribution >= 0.6 is 11.6 Å². The summed E-state index contributed by atoms with van der Waals surface area (Å²) in [7, 11) is 0. The highest BCUT2D eigenvalue weighted by molar-refractivity contribution is 6.31. The Balaban J connectivity index is 2.92. The average Bonchev–Trinajstić information content (AvgIpc) is 2.28. The second kappa shape index (κ2) is 6.32. The van der Waals surface area contributed by atoms with Gasteiger partial charge >= 0.3 is 0 Å². The van der Waals surface area contributed by atoms with E-state index in [-0.39, 0.29) is 11.4 Å². The normalized spacial score (nSPS) is 11.9. The standard InChI is InChI=1S/C11H14ClN3O3/c1-2-3-8(13)11(16)14-9-6-7(12)4-5-10(9)15(17)18/h4-6,8H,2-3,13H2,1H3,(H,14,16). The Morgan fingerprint density at radius 3 is 2.83 bits per heavy atom. The minimum atomic E-state index is -0.686. The van der Waals surface area contributed by atoms with Gasteiger partial charge in [0.25, 0.3) is 5.69 Å². The maximum Gasteiger partial charge on any atom is 0.292 e. The number of nitrogens with zero attached hydrogens (tertiary/aromatic N) is 1. The maximum absolute atomic E-state index is 11.7. The number of benzene rings is 1. The first kappa shape index (κ1) is 14.4. The van der Waals surface area contributed by atoms with Crippen LogP contribution in [0.1, 0.15) is 19.8 Å². The number of carbonyl (C=O) groups excluding carboxylic acids is 1. The van der Waals surface area contributed by atoms with Crippen molar-refractivity contribution >= 4 is 28.9 Å². The number of nitrogens with one attached hydrogen (secondary N) is 1. The predicted octanol–water partition coefficient (Wildman–Crippen LogP) is 2.31. The Morgan fingerprint density at radius 2 is 2.28 bits per heavy atom. The van der Waals surface area contributed by atoms with E-state index in [0.29, 0.717) is 11.4 Å². The molecule has 1 aromatic rings. The summed E-state index contributed by atoms with van der Waals surface area (Å²) in [6.45, 7) is 1.90. The molecular weight excluding hydrogens is 258 g/mol. The number of nitro benzene ring substituents is 1. The number of hydrogen-bond acceptors (Lipinski definition) is 4. The van der Waals surface area contributed by atoms with Crippen molar-refractivity contribution in [1.29, 1.82) is 0 Å². The van der Waals surface area contributed by atoms with Gasteiger partial charge in [-0.2, -0.15) is 0 Å². The monoisotopic (exact) mass is 271 g/mol. The molecule has 0 aliphatic rings. The summed E-state index contributed by atoms with van der Waals surface area (Å²) in [5.41, 5.74) is 5.47. The second-order valence-corrected chi connectivity index (χ2v) is 4.24. The van der Waals surface area contributed by atoms with E-state index in [0.717, 1.165) is 6.42 Å². The molecule has 1 unspecified atom stereocenters. The van der Waals surface area contributed by atoms with Crippen LogP contribution in [0.2, 0.25) is 5.02 Å². The Kier molecular flexibility index (Phi) is 5.06. The molecule has 98 valence electrons. The number of hydrogen-bond donors (Lipinski definition) is 2. The SMILES string of the molecule is CCCC(N)C(=O)Nc1cc(Cl)ccc1[N+](=O)[O-]. The molecule has 0 aliphatic heterocycles. The molecule has 1 rings (SSSR count). The van der Waals surface area contributed by atoms with Crippen molar-refractivity contribution in [3.05, 3.63) is 33.3 Å². The molecule has 0 spiro atoms. The smallest absolute Gasteiger partial charge is 0.292 e. The summed E-state index contributed by atoms with van der Waals surface area (Å²) >= 11 is 5.74. The van der Waals surface area contributed by atoms with E-state index in [1.54, 1.807) is 0 Å². The first-order chi connectivity index (χ1) is 8.45. The average molecular weight is 272 g/mol. The highest BCUT2D eigenvalue weighted by atomic mass is 35.5. The highest BCUT2D eigenvalue weighted by Gasteiger charge is 2.19. The van der Waals surface area contributed by atoms with Crippen molar-refractivity contribution in [2.24, 2.45) is 5.73 Å². The number of carbonyl (C=O) groups is 1. The number of nitro groups is 1. The van der Waals surface area contributed by atoms with Crippen LogP contribution in [0.25, 0.3) is 0 Å². The molecule has 0 saturated carbocycles. The molecule has 0 bridgehead atoms. The van der Waals surface area contributed by atoms with Gasteiger partial charge in [0.05, 0.1) is 11.0 Å². The third kappa shape index (κ3) is 3.68. The van der Waals surface area contributed by atoms with Crippen molar-refractivity contribution in [2.75, 3.05) is 5.32 Å². The lowest BCUT2D eigenvalue weighted by Gasteiger charge is -2.11. The predicted molar refractivity (Wildman–Crippen MR) is 69.6 cm³/mol. The van der Waals surface area contributed by atoms with Crippen molar-refractivity contribution < 1.29 is 9.72 Å². The molecule has 0 fully saturated rings. The summed E-state index contributed by atoms with van der Waals surface area (Å²) in [6, 6.07) is 3.27. The summed E-state index contributed by atoms with van der Waals surface area (Å²) in [5, 5.41) is 13.5. The van der Waals surface area contributed by atoms with E-state index in [2.05, 4.69) is 5.32 Å². The Morgan fingerprint density at radius 1 is 1.61 bits per heavy atom. The molecule has 0 aromatic heterocycles. The minimum absolute atomic E-state index is 0.0593. The van der Waals surface area contributed by atoms with Crippen LogP contribution in [0.15, 0.2) is 18.2 Å². The van der Waals surface area contributed by atoms with Gasteiger partial charge in [0.2, 0.25) is 5.91 Å². The van der Waals surface area contributed by atoms with Crippen LogP contribution in [0, 0.1) is 10.1 Å². The molecule has 0 aliphatic carbocycles. The maximum atomic E-state index is 11.7. The van der Waals surface area contributed by atoms with E-state index in [1.165, 1.54) is 18.2 Å². The van der Waals surface area contributed by atoms with Crippen molar-refractivity contribution in [3.8, 4) is 0 Å². The topological polar surface area (TPSA) is 98.3 Å². The van der Waals surface area contributed by atoms with E-state index < -0.39 is 16.9 Å². The van der Waals surface area contributed by atoms with E-state index in [1.807, 2.05) is 6.92 Å². The lowest BCUT2D eigenvalue weighted by Crippen LogP contribution is -2.35. The molecule has 18 heavy (non-hydrogen) atoms. The fourth-order valence-corrected chi connectivity index (χ4v) is 1.61. The van der Waals surface area contributed by atoms with Gasteiger partial charge in [-0.1, -0.05) is 24.9 Å². The van der Waals surface area contributed by atoms with Crippen LogP contribution in [0.5, 0.6) is 0 Å². The van der Waals surface area contributed by atoms with Gasteiger partial charge in [0.15, 0.2) is 0 Å². The van der Waals surface area contributed by atoms with Gasteiger partial charge in [0.1, 0.15) is 5.69 Å². The second-order valence-electron chi connectivity index (χ2n) is 3.80. The summed E-state index contributed by atoms with van der Waals surface area (Å²) < 4.78 is 0. The first-order valence-electron chi connectivity index (χ1n) is 5.46. The van der Waals surface area contributed by atoms with E-state index in [9.17, 15) is 14.9 Å². The molecular formula is C11H14ClN3O3. The summed E-state index contributed by atoms with van der Waals surface area (Å²) in [4.78, 5) is 21.9.